The Hall–Kier alpha value is -2.66. The average Bonchev–Trinajstić information content (AvgIpc) is 3.45. The Bertz CT molecular complexity index is 1230. The zero-order chi connectivity index (χ0) is 26.7. The van der Waals surface area contributed by atoms with E-state index in [4.69, 9.17) is 21.8 Å². The highest BCUT2D eigenvalue weighted by atomic mass is 35.5. The monoisotopic (exact) mass is 536 g/mol. The number of benzene rings is 2. The van der Waals surface area contributed by atoms with E-state index in [1.807, 2.05) is 24.3 Å². The molecule has 202 valence electrons. The number of nitrogens with zero attached hydrogens (tertiary/aromatic N) is 5. The number of hydrogen-bond acceptors (Lipinski definition) is 5. The lowest BCUT2D eigenvalue weighted by Gasteiger charge is -2.37. The number of halogens is 2. The average molecular weight is 537 g/mol. The van der Waals surface area contributed by atoms with Gasteiger partial charge in [-0.05, 0) is 75.2 Å². The molecule has 0 spiro atoms. The lowest BCUT2D eigenvalue weighted by molar-refractivity contribution is 0.153. The van der Waals surface area contributed by atoms with Gasteiger partial charge in [-0.25, -0.2) is 9.37 Å². The molecule has 2 heterocycles. The molecule has 8 heteroatoms. The van der Waals surface area contributed by atoms with Crippen LogP contribution in [-0.2, 0) is 0 Å². The van der Waals surface area contributed by atoms with Crippen molar-refractivity contribution in [3.05, 3.63) is 58.9 Å². The van der Waals surface area contributed by atoms with E-state index in [1.54, 1.807) is 18.2 Å². The second-order valence-corrected chi connectivity index (χ2v) is 11.9. The molecular formula is C30H38ClFN6. The van der Waals surface area contributed by atoms with Crippen molar-refractivity contribution in [2.45, 2.75) is 45.1 Å². The van der Waals surface area contributed by atoms with Crippen LogP contribution in [0.15, 0.2) is 42.5 Å². The number of nitriles is 1. The maximum atomic E-state index is 13.9. The highest BCUT2D eigenvalue weighted by Gasteiger charge is 2.53. The van der Waals surface area contributed by atoms with Crippen molar-refractivity contribution in [2.24, 2.45) is 11.3 Å². The minimum atomic E-state index is -0.396. The fourth-order valence-electron chi connectivity index (χ4n) is 6.04. The van der Waals surface area contributed by atoms with Gasteiger partial charge >= 0.3 is 0 Å². The van der Waals surface area contributed by atoms with Crippen molar-refractivity contribution in [2.75, 3.05) is 51.2 Å². The quantitative estimate of drug-likeness (QED) is 0.422. The van der Waals surface area contributed by atoms with Gasteiger partial charge in [0.2, 0.25) is 5.95 Å². The van der Waals surface area contributed by atoms with Crippen LogP contribution in [0.5, 0.6) is 0 Å². The second-order valence-electron chi connectivity index (χ2n) is 11.5. The molecule has 0 amide bonds. The minimum Gasteiger partial charge on any atom is -0.339 e. The Labute approximate surface area is 230 Å². The molecular weight excluding hydrogens is 499 g/mol. The highest BCUT2D eigenvalue weighted by molar-refractivity contribution is 6.31. The molecule has 1 aliphatic heterocycles. The molecule has 3 fully saturated rings. The van der Waals surface area contributed by atoms with Crippen LogP contribution in [0.3, 0.4) is 0 Å². The van der Waals surface area contributed by atoms with Crippen molar-refractivity contribution >= 4 is 28.6 Å². The number of likely N-dealkylation sites (N-methyl/N-ethyl adjacent to an activating group) is 1. The Morgan fingerprint density at radius 2 is 1.97 bits per heavy atom. The van der Waals surface area contributed by atoms with Crippen LogP contribution in [0.1, 0.15) is 44.6 Å². The summed E-state index contributed by atoms with van der Waals surface area (Å²) in [7, 11) is 2.20. The van der Waals surface area contributed by atoms with Gasteiger partial charge in [0, 0.05) is 44.8 Å². The van der Waals surface area contributed by atoms with Gasteiger partial charge in [0.05, 0.1) is 27.7 Å². The van der Waals surface area contributed by atoms with Crippen molar-refractivity contribution in [3.63, 3.8) is 0 Å². The summed E-state index contributed by atoms with van der Waals surface area (Å²) in [5.41, 5.74) is 2.77. The van der Waals surface area contributed by atoms with Crippen LogP contribution in [0.2, 0.25) is 5.02 Å². The number of rotatable bonds is 6. The van der Waals surface area contributed by atoms with Gasteiger partial charge in [0.1, 0.15) is 5.82 Å². The number of piperazine rings is 1. The topological polar surface area (TPSA) is 62.2 Å². The standard InChI is InChI=1S/C23H33ClFN5.C7H5N/c1-23-5-4-17(12-16(23)15-23)30(7-3-6-29-10-8-28(2)9-11-29)22-26-20-13-18(24)19(25)14-21(20)27-22;8-6-7-4-2-1-3-5-7/h13-14,16-17H,3-12,15H2,1-2H3,(H,26,27);1-5H. The van der Waals surface area contributed by atoms with E-state index in [0.29, 0.717) is 17.0 Å². The number of aromatic nitrogens is 2. The first-order chi connectivity index (χ1) is 18.3. The first-order valence-electron chi connectivity index (χ1n) is 13.8. The summed E-state index contributed by atoms with van der Waals surface area (Å²) in [6, 6.07) is 14.8. The molecule has 2 saturated carbocycles. The third-order valence-corrected chi connectivity index (χ3v) is 9.03. The van der Waals surface area contributed by atoms with Gasteiger partial charge in [-0.3, -0.25) is 0 Å². The van der Waals surface area contributed by atoms with Crippen molar-refractivity contribution in [1.82, 2.24) is 19.8 Å². The molecule has 3 aromatic rings. The van der Waals surface area contributed by atoms with E-state index in [1.165, 1.54) is 31.7 Å². The number of fused-ring (bicyclic) bond motifs is 2. The molecule has 6 rings (SSSR count). The Kier molecular flexibility index (Phi) is 8.23. The first-order valence-corrected chi connectivity index (χ1v) is 14.2. The van der Waals surface area contributed by atoms with Crippen molar-refractivity contribution in [3.8, 4) is 6.07 Å². The number of hydrogen-bond donors (Lipinski definition) is 1. The molecule has 1 aromatic heterocycles. The Morgan fingerprint density at radius 1 is 1.21 bits per heavy atom. The van der Waals surface area contributed by atoms with E-state index in [9.17, 15) is 4.39 Å². The third-order valence-electron chi connectivity index (χ3n) is 8.74. The molecule has 0 bridgehead atoms. The Morgan fingerprint density at radius 3 is 2.66 bits per heavy atom. The molecule has 3 aliphatic rings. The number of imidazole rings is 1. The SMILES string of the molecule is CN1CCN(CCCN(c2nc3cc(Cl)c(F)cc3[nH]2)C2CCC3(C)CC3C2)CC1.N#Cc1ccccc1. The van der Waals surface area contributed by atoms with Crippen molar-refractivity contribution in [1.29, 1.82) is 5.26 Å². The Balaban J connectivity index is 0.000000316. The summed E-state index contributed by atoms with van der Waals surface area (Å²) in [6.45, 7) is 9.17. The second kappa shape index (κ2) is 11.6. The predicted molar refractivity (Wildman–Crippen MR) is 152 cm³/mol. The zero-order valence-corrected chi connectivity index (χ0v) is 23.2. The molecule has 1 saturated heterocycles. The third kappa shape index (κ3) is 6.31. The highest BCUT2D eigenvalue weighted by Crippen LogP contribution is 2.61. The summed E-state index contributed by atoms with van der Waals surface area (Å²) in [5, 5.41) is 8.42. The van der Waals surface area contributed by atoms with E-state index in [-0.39, 0.29) is 5.02 Å². The normalized spacial score (nSPS) is 25.2. The fourth-order valence-corrected chi connectivity index (χ4v) is 6.20. The maximum Gasteiger partial charge on any atom is 0.204 e. The first kappa shape index (κ1) is 26.9. The number of H-pyrrole nitrogens is 1. The van der Waals surface area contributed by atoms with Gasteiger partial charge in [0.15, 0.2) is 0 Å². The molecule has 0 radical (unpaired) electrons. The van der Waals surface area contributed by atoms with Crippen LogP contribution in [0, 0.1) is 28.5 Å². The van der Waals surface area contributed by atoms with Crippen LogP contribution >= 0.6 is 11.6 Å². The van der Waals surface area contributed by atoms with Crippen LogP contribution in [-0.4, -0.2) is 72.1 Å². The van der Waals surface area contributed by atoms with Crippen LogP contribution in [0.4, 0.5) is 10.3 Å². The molecule has 38 heavy (non-hydrogen) atoms. The summed E-state index contributed by atoms with van der Waals surface area (Å²) >= 11 is 5.99. The van der Waals surface area contributed by atoms with E-state index in [0.717, 1.165) is 68.6 Å². The van der Waals surface area contributed by atoms with E-state index >= 15 is 0 Å². The number of anilines is 1. The maximum absolute atomic E-state index is 13.9. The lowest BCUT2D eigenvalue weighted by atomic mass is 9.86. The zero-order valence-electron chi connectivity index (χ0n) is 22.5. The van der Waals surface area contributed by atoms with Crippen LogP contribution in [0.25, 0.3) is 11.0 Å². The molecule has 3 atom stereocenters. The summed E-state index contributed by atoms with van der Waals surface area (Å²) in [5.74, 6) is 1.33. The van der Waals surface area contributed by atoms with Gasteiger partial charge in [-0.1, -0.05) is 36.7 Å². The molecule has 2 aromatic carbocycles. The number of nitrogens with one attached hydrogen (secondary N) is 1. The van der Waals surface area contributed by atoms with Gasteiger partial charge in [0.25, 0.3) is 0 Å². The summed E-state index contributed by atoms with van der Waals surface area (Å²) in [6.07, 6.45) is 6.26. The molecule has 6 nitrogen and oxygen atoms in total. The largest absolute Gasteiger partial charge is 0.339 e. The fraction of sp³-hybridized carbons (Fsp3) is 0.533. The van der Waals surface area contributed by atoms with E-state index in [2.05, 4.69) is 33.7 Å². The molecule has 2 aliphatic carbocycles. The van der Waals surface area contributed by atoms with E-state index < -0.39 is 5.82 Å². The summed E-state index contributed by atoms with van der Waals surface area (Å²) in [4.78, 5) is 15.7. The van der Waals surface area contributed by atoms with Gasteiger partial charge in [-0.15, -0.1) is 0 Å². The molecule has 3 unspecified atom stereocenters. The molecule has 1 N–H and O–H groups in total. The van der Waals surface area contributed by atoms with Crippen LogP contribution < -0.4 is 4.90 Å². The lowest BCUT2D eigenvalue weighted by Crippen LogP contribution is -2.46. The predicted octanol–water partition coefficient (Wildman–Crippen LogP) is 5.94. The number of aromatic amines is 1. The van der Waals surface area contributed by atoms with Crippen molar-refractivity contribution < 1.29 is 4.39 Å². The van der Waals surface area contributed by atoms with Gasteiger partial charge < -0.3 is 19.7 Å². The van der Waals surface area contributed by atoms with Gasteiger partial charge in [-0.2, -0.15) is 5.26 Å². The minimum absolute atomic E-state index is 0.133. The summed E-state index contributed by atoms with van der Waals surface area (Å²) < 4.78 is 13.9. The smallest absolute Gasteiger partial charge is 0.204 e.